The predicted octanol–water partition coefficient (Wildman–Crippen LogP) is 1.10. The van der Waals surface area contributed by atoms with E-state index in [1.807, 2.05) is 30.3 Å². The van der Waals surface area contributed by atoms with Gasteiger partial charge >= 0.3 is 0 Å². The average Bonchev–Trinajstić information content (AvgIpc) is 2.48. The van der Waals surface area contributed by atoms with E-state index in [0.29, 0.717) is 6.42 Å². The number of hydrogen-bond donors (Lipinski definition) is 1. The van der Waals surface area contributed by atoms with E-state index in [1.54, 1.807) is 4.90 Å². The number of carbonyl (C=O) groups is 1. The van der Waals surface area contributed by atoms with Gasteiger partial charge in [0.2, 0.25) is 5.91 Å². The van der Waals surface area contributed by atoms with Crippen molar-refractivity contribution >= 4 is 11.6 Å². The molecule has 1 aromatic carbocycles. The van der Waals surface area contributed by atoms with Gasteiger partial charge in [0.15, 0.2) is 0 Å². The molecule has 0 saturated carbocycles. The van der Waals surface area contributed by atoms with Crippen LogP contribution in [0.15, 0.2) is 30.3 Å². The molecule has 1 heterocycles. The van der Waals surface area contributed by atoms with Crippen molar-refractivity contribution in [3.05, 3.63) is 30.3 Å². The van der Waals surface area contributed by atoms with Crippen molar-refractivity contribution in [1.29, 1.82) is 0 Å². The second-order valence-corrected chi connectivity index (χ2v) is 3.21. The van der Waals surface area contributed by atoms with Crippen molar-refractivity contribution in [3.8, 4) is 0 Å². The molecule has 1 unspecified atom stereocenters. The molecule has 2 N–H and O–H groups in total. The van der Waals surface area contributed by atoms with Crippen molar-refractivity contribution in [3.63, 3.8) is 0 Å². The predicted molar refractivity (Wildman–Crippen MR) is 51.1 cm³/mol. The highest BCUT2D eigenvalue weighted by Gasteiger charge is 2.28. The van der Waals surface area contributed by atoms with Gasteiger partial charge in [-0.05, 0) is 18.6 Å². The van der Waals surface area contributed by atoms with Crippen LogP contribution in [0.3, 0.4) is 0 Å². The molecule has 0 bridgehead atoms. The smallest absolute Gasteiger partial charge is 0.228 e. The minimum atomic E-state index is -0.144. The molecule has 1 amide bonds. The van der Waals surface area contributed by atoms with Crippen molar-refractivity contribution < 1.29 is 4.79 Å². The van der Waals surface area contributed by atoms with Crippen LogP contribution in [0, 0.1) is 0 Å². The highest BCUT2D eigenvalue weighted by molar-refractivity contribution is 5.95. The maximum atomic E-state index is 11.4. The third kappa shape index (κ3) is 1.42. The molecule has 1 fully saturated rings. The summed E-state index contributed by atoms with van der Waals surface area (Å²) in [6, 6.07) is 9.56. The van der Waals surface area contributed by atoms with Crippen LogP contribution in [0.5, 0.6) is 0 Å². The number of carbonyl (C=O) groups excluding carboxylic acids is 1. The lowest BCUT2D eigenvalue weighted by molar-refractivity contribution is -0.117. The molecule has 2 rings (SSSR count). The Labute approximate surface area is 77.1 Å². The molecule has 1 atom stereocenters. The van der Waals surface area contributed by atoms with Gasteiger partial charge in [-0.25, -0.2) is 0 Å². The lowest BCUT2D eigenvalue weighted by Gasteiger charge is -2.21. The van der Waals surface area contributed by atoms with Gasteiger partial charge in [0.05, 0.1) is 6.17 Å². The van der Waals surface area contributed by atoms with Crippen LogP contribution in [0.4, 0.5) is 5.69 Å². The summed E-state index contributed by atoms with van der Waals surface area (Å²) in [7, 11) is 0. The Balaban J connectivity index is 2.30. The van der Waals surface area contributed by atoms with Crippen molar-refractivity contribution in [1.82, 2.24) is 0 Å². The Kier molecular flexibility index (Phi) is 2.02. The molecular formula is C10H12N2O. The fraction of sp³-hybridized carbons (Fsp3) is 0.300. The number of nitrogens with zero attached hydrogens (tertiary/aromatic N) is 1. The third-order valence-electron chi connectivity index (χ3n) is 2.29. The van der Waals surface area contributed by atoms with E-state index in [0.717, 1.165) is 12.1 Å². The molecule has 1 aromatic rings. The Hall–Kier alpha value is -1.35. The number of rotatable bonds is 1. The lowest BCUT2D eigenvalue weighted by Crippen LogP contribution is -2.39. The van der Waals surface area contributed by atoms with E-state index < -0.39 is 0 Å². The van der Waals surface area contributed by atoms with Gasteiger partial charge in [-0.2, -0.15) is 0 Å². The molecule has 0 spiro atoms. The van der Waals surface area contributed by atoms with Gasteiger partial charge in [0, 0.05) is 12.1 Å². The van der Waals surface area contributed by atoms with Gasteiger partial charge in [-0.3, -0.25) is 9.69 Å². The molecule has 68 valence electrons. The van der Waals surface area contributed by atoms with Crippen LogP contribution >= 0.6 is 0 Å². The van der Waals surface area contributed by atoms with Gasteiger partial charge in [0.1, 0.15) is 0 Å². The highest BCUT2D eigenvalue weighted by Crippen LogP contribution is 2.23. The minimum Gasteiger partial charge on any atom is -0.311 e. The minimum absolute atomic E-state index is 0.124. The van der Waals surface area contributed by atoms with E-state index in [1.165, 1.54) is 0 Å². The van der Waals surface area contributed by atoms with E-state index in [2.05, 4.69) is 0 Å². The summed E-state index contributed by atoms with van der Waals surface area (Å²) in [6.45, 7) is 0. The normalized spacial score (nSPS) is 22.4. The molecular weight excluding hydrogens is 164 g/mol. The SMILES string of the molecule is NC1CCC(=O)N1c1ccccc1. The number of benzene rings is 1. The van der Waals surface area contributed by atoms with E-state index in [4.69, 9.17) is 5.73 Å². The molecule has 3 nitrogen and oxygen atoms in total. The third-order valence-corrected chi connectivity index (χ3v) is 2.29. The number of hydrogen-bond acceptors (Lipinski definition) is 2. The van der Waals surface area contributed by atoms with Crippen molar-refractivity contribution in [2.24, 2.45) is 5.73 Å². The summed E-state index contributed by atoms with van der Waals surface area (Å²) in [5.74, 6) is 0.124. The summed E-state index contributed by atoms with van der Waals surface area (Å²) < 4.78 is 0. The maximum absolute atomic E-state index is 11.4. The van der Waals surface area contributed by atoms with E-state index in [9.17, 15) is 4.79 Å². The summed E-state index contributed by atoms with van der Waals surface area (Å²) in [6.07, 6.45) is 1.18. The van der Waals surface area contributed by atoms with Crippen LogP contribution in [-0.4, -0.2) is 12.1 Å². The van der Waals surface area contributed by atoms with Crippen molar-refractivity contribution in [2.75, 3.05) is 4.90 Å². The van der Waals surface area contributed by atoms with Crippen LogP contribution < -0.4 is 10.6 Å². The Morgan fingerprint density at radius 1 is 1.31 bits per heavy atom. The Morgan fingerprint density at radius 3 is 2.54 bits per heavy atom. The average molecular weight is 176 g/mol. The van der Waals surface area contributed by atoms with Gasteiger partial charge in [-0.1, -0.05) is 18.2 Å². The first-order valence-corrected chi connectivity index (χ1v) is 4.42. The zero-order chi connectivity index (χ0) is 9.26. The lowest BCUT2D eigenvalue weighted by atomic mass is 10.3. The summed E-state index contributed by atoms with van der Waals surface area (Å²) in [4.78, 5) is 13.1. The quantitative estimate of drug-likeness (QED) is 0.696. The summed E-state index contributed by atoms with van der Waals surface area (Å²) >= 11 is 0. The van der Waals surface area contributed by atoms with E-state index >= 15 is 0 Å². The zero-order valence-electron chi connectivity index (χ0n) is 7.31. The molecule has 3 heteroatoms. The first-order chi connectivity index (χ1) is 6.29. The fourth-order valence-corrected chi connectivity index (χ4v) is 1.63. The summed E-state index contributed by atoms with van der Waals surface area (Å²) in [5, 5.41) is 0. The highest BCUT2D eigenvalue weighted by atomic mass is 16.2. The van der Waals surface area contributed by atoms with Crippen LogP contribution in [0.1, 0.15) is 12.8 Å². The summed E-state index contributed by atoms with van der Waals surface area (Å²) in [5.41, 5.74) is 6.71. The molecule has 1 aliphatic rings. The monoisotopic (exact) mass is 176 g/mol. The van der Waals surface area contributed by atoms with Crippen LogP contribution in [0.25, 0.3) is 0 Å². The molecule has 1 saturated heterocycles. The van der Waals surface area contributed by atoms with Gasteiger partial charge in [0.25, 0.3) is 0 Å². The fourth-order valence-electron chi connectivity index (χ4n) is 1.63. The first-order valence-electron chi connectivity index (χ1n) is 4.42. The Bertz CT molecular complexity index is 310. The van der Waals surface area contributed by atoms with E-state index in [-0.39, 0.29) is 12.1 Å². The molecule has 1 aliphatic heterocycles. The molecule has 13 heavy (non-hydrogen) atoms. The number of nitrogens with two attached hydrogens (primary N) is 1. The largest absolute Gasteiger partial charge is 0.311 e. The molecule has 0 aliphatic carbocycles. The second kappa shape index (κ2) is 3.18. The Morgan fingerprint density at radius 2 is 2.00 bits per heavy atom. The van der Waals surface area contributed by atoms with Gasteiger partial charge in [-0.15, -0.1) is 0 Å². The standard InChI is InChI=1S/C10H12N2O/c11-9-6-7-10(13)12(9)8-4-2-1-3-5-8/h1-5,9H,6-7,11H2. The molecule has 0 aromatic heterocycles. The zero-order valence-corrected chi connectivity index (χ0v) is 7.31. The first kappa shape index (κ1) is 8.26. The van der Waals surface area contributed by atoms with Crippen LogP contribution in [0.2, 0.25) is 0 Å². The maximum Gasteiger partial charge on any atom is 0.228 e. The number of amides is 1. The topological polar surface area (TPSA) is 46.3 Å². The van der Waals surface area contributed by atoms with Gasteiger partial charge < -0.3 is 5.73 Å². The van der Waals surface area contributed by atoms with Crippen LogP contribution in [-0.2, 0) is 4.79 Å². The molecule has 0 radical (unpaired) electrons. The van der Waals surface area contributed by atoms with Crippen molar-refractivity contribution in [2.45, 2.75) is 19.0 Å². The number of para-hydroxylation sites is 1. The number of anilines is 1. The second-order valence-electron chi connectivity index (χ2n) is 3.21.